The standard InChI is InChI=1S/C13H17NO2/c15-13(12-6-3-9-16-12)14-8-7-10-4-1-2-5-11(10)14/h3,6,9-11H,1-2,4-5,7-8H2. The monoisotopic (exact) mass is 219 g/mol. The number of hydrogen-bond acceptors (Lipinski definition) is 2. The number of hydrogen-bond donors (Lipinski definition) is 0. The fraction of sp³-hybridized carbons (Fsp3) is 0.615. The summed E-state index contributed by atoms with van der Waals surface area (Å²) in [5, 5.41) is 0. The van der Waals surface area contributed by atoms with Crippen LogP contribution in [0, 0.1) is 5.92 Å². The van der Waals surface area contributed by atoms with Gasteiger partial charge in [0.25, 0.3) is 5.91 Å². The summed E-state index contributed by atoms with van der Waals surface area (Å²) in [6, 6.07) is 4.02. The molecule has 1 aromatic heterocycles. The van der Waals surface area contributed by atoms with Gasteiger partial charge in [0.15, 0.2) is 5.76 Å². The second-order valence-corrected chi connectivity index (χ2v) is 4.88. The highest BCUT2D eigenvalue weighted by atomic mass is 16.3. The zero-order valence-corrected chi connectivity index (χ0v) is 9.39. The van der Waals surface area contributed by atoms with Crippen LogP contribution >= 0.6 is 0 Å². The molecule has 1 aliphatic heterocycles. The second-order valence-electron chi connectivity index (χ2n) is 4.88. The van der Waals surface area contributed by atoms with E-state index in [0.717, 1.165) is 12.5 Å². The minimum absolute atomic E-state index is 0.0828. The van der Waals surface area contributed by atoms with Crippen molar-refractivity contribution in [3.63, 3.8) is 0 Å². The number of rotatable bonds is 1. The number of carbonyl (C=O) groups is 1. The highest BCUT2D eigenvalue weighted by Gasteiger charge is 2.38. The first-order valence-corrected chi connectivity index (χ1v) is 6.21. The molecule has 3 heteroatoms. The lowest BCUT2D eigenvalue weighted by Gasteiger charge is -2.31. The summed E-state index contributed by atoms with van der Waals surface area (Å²) in [7, 11) is 0. The van der Waals surface area contributed by atoms with Gasteiger partial charge in [-0.2, -0.15) is 0 Å². The van der Waals surface area contributed by atoms with E-state index < -0.39 is 0 Å². The highest BCUT2D eigenvalue weighted by Crippen LogP contribution is 2.36. The van der Waals surface area contributed by atoms with Crippen molar-refractivity contribution >= 4 is 5.91 Å². The Hall–Kier alpha value is -1.25. The van der Waals surface area contributed by atoms with Crippen LogP contribution in [0.3, 0.4) is 0 Å². The van der Waals surface area contributed by atoms with E-state index in [0.29, 0.717) is 11.8 Å². The van der Waals surface area contributed by atoms with Gasteiger partial charge < -0.3 is 9.32 Å². The van der Waals surface area contributed by atoms with Gasteiger partial charge in [-0.05, 0) is 37.3 Å². The van der Waals surface area contributed by atoms with E-state index in [-0.39, 0.29) is 5.91 Å². The number of carbonyl (C=O) groups excluding carboxylic acids is 1. The highest BCUT2D eigenvalue weighted by molar-refractivity contribution is 5.91. The molecule has 3 nitrogen and oxygen atoms in total. The topological polar surface area (TPSA) is 33.5 Å². The molecule has 2 fully saturated rings. The molecule has 0 radical (unpaired) electrons. The minimum Gasteiger partial charge on any atom is -0.459 e. The molecule has 1 aromatic rings. The Balaban J connectivity index is 1.78. The van der Waals surface area contributed by atoms with Crippen LogP contribution in [-0.4, -0.2) is 23.4 Å². The molecule has 2 unspecified atom stereocenters. The molecule has 0 N–H and O–H groups in total. The molecule has 1 saturated carbocycles. The van der Waals surface area contributed by atoms with Crippen LogP contribution in [0.5, 0.6) is 0 Å². The lowest BCUT2D eigenvalue weighted by Crippen LogP contribution is -2.39. The van der Waals surface area contributed by atoms with E-state index in [1.165, 1.54) is 32.1 Å². The Morgan fingerprint density at radius 1 is 1.31 bits per heavy atom. The molecule has 0 aromatic carbocycles. The number of nitrogens with zero attached hydrogens (tertiary/aromatic N) is 1. The Labute approximate surface area is 95.4 Å². The van der Waals surface area contributed by atoms with Crippen LogP contribution in [-0.2, 0) is 0 Å². The van der Waals surface area contributed by atoms with Crippen LogP contribution in [0.15, 0.2) is 22.8 Å². The molecule has 2 heterocycles. The Kier molecular flexibility index (Phi) is 2.46. The van der Waals surface area contributed by atoms with E-state index in [1.807, 2.05) is 4.90 Å². The Morgan fingerprint density at radius 3 is 3.00 bits per heavy atom. The van der Waals surface area contributed by atoms with Gasteiger partial charge in [0.05, 0.1) is 6.26 Å². The van der Waals surface area contributed by atoms with Crippen molar-refractivity contribution in [3.05, 3.63) is 24.2 Å². The van der Waals surface area contributed by atoms with Crippen molar-refractivity contribution < 1.29 is 9.21 Å². The number of furan rings is 1. The Morgan fingerprint density at radius 2 is 2.19 bits per heavy atom. The van der Waals surface area contributed by atoms with Gasteiger partial charge in [-0.3, -0.25) is 4.79 Å². The largest absolute Gasteiger partial charge is 0.459 e. The van der Waals surface area contributed by atoms with Crippen LogP contribution in [0.25, 0.3) is 0 Å². The average Bonchev–Trinajstić information content (AvgIpc) is 2.98. The first-order chi connectivity index (χ1) is 7.86. The molecule has 0 bridgehead atoms. The molecule has 2 aliphatic rings. The summed E-state index contributed by atoms with van der Waals surface area (Å²) >= 11 is 0. The fourth-order valence-electron chi connectivity index (χ4n) is 3.20. The second kappa shape index (κ2) is 3.96. The van der Waals surface area contributed by atoms with Crippen LogP contribution < -0.4 is 0 Å². The lowest BCUT2D eigenvalue weighted by molar-refractivity contribution is 0.0658. The van der Waals surface area contributed by atoms with Crippen LogP contribution in [0.4, 0.5) is 0 Å². The van der Waals surface area contributed by atoms with Gasteiger partial charge in [0.1, 0.15) is 0 Å². The van der Waals surface area contributed by atoms with Crippen molar-refractivity contribution in [2.75, 3.05) is 6.54 Å². The van der Waals surface area contributed by atoms with Crippen molar-refractivity contribution in [2.45, 2.75) is 38.1 Å². The van der Waals surface area contributed by atoms with Gasteiger partial charge in [0, 0.05) is 12.6 Å². The van der Waals surface area contributed by atoms with Crippen LogP contribution in [0.1, 0.15) is 42.7 Å². The third kappa shape index (κ3) is 1.55. The summed E-state index contributed by atoms with van der Waals surface area (Å²) < 4.78 is 5.20. The van der Waals surface area contributed by atoms with Crippen molar-refractivity contribution in [2.24, 2.45) is 5.92 Å². The number of amides is 1. The molecule has 1 aliphatic carbocycles. The maximum Gasteiger partial charge on any atom is 0.289 e. The maximum absolute atomic E-state index is 12.2. The molecule has 16 heavy (non-hydrogen) atoms. The first-order valence-electron chi connectivity index (χ1n) is 6.21. The molecule has 86 valence electrons. The number of likely N-dealkylation sites (tertiary alicyclic amines) is 1. The van der Waals surface area contributed by atoms with Crippen molar-refractivity contribution in [3.8, 4) is 0 Å². The van der Waals surface area contributed by atoms with Gasteiger partial charge in [-0.15, -0.1) is 0 Å². The lowest BCUT2D eigenvalue weighted by atomic mass is 9.85. The summed E-state index contributed by atoms with van der Waals surface area (Å²) in [6.45, 7) is 0.912. The van der Waals surface area contributed by atoms with E-state index in [1.54, 1.807) is 18.4 Å². The van der Waals surface area contributed by atoms with E-state index >= 15 is 0 Å². The Bertz CT molecular complexity index is 371. The first kappa shape index (κ1) is 9.94. The van der Waals surface area contributed by atoms with E-state index in [9.17, 15) is 4.79 Å². The quantitative estimate of drug-likeness (QED) is 0.727. The SMILES string of the molecule is O=C(c1ccco1)N1CCC2CCCCC21. The molecule has 1 saturated heterocycles. The third-order valence-electron chi connectivity index (χ3n) is 4.00. The number of fused-ring (bicyclic) bond motifs is 1. The fourth-order valence-corrected chi connectivity index (χ4v) is 3.20. The summed E-state index contributed by atoms with van der Waals surface area (Å²) in [6.07, 6.45) is 7.83. The third-order valence-corrected chi connectivity index (χ3v) is 4.00. The van der Waals surface area contributed by atoms with Crippen LogP contribution in [0.2, 0.25) is 0 Å². The predicted molar refractivity (Wildman–Crippen MR) is 60.1 cm³/mol. The molecular weight excluding hydrogens is 202 g/mol. The molecular formula is C13H17NO2. The smallest absolute Gasteiger partial charge is 0.289 e. The maximum atomic E-state index is 12.2. The molecule has 1 amide bonds. The summed E-state index contributed by atoms with van der Waals surface area (Å²) in [5.74, 6) is 1.32. The van der Waals surface area contributed by atoms with Crippen molar-refractivity contribution in [1.29, 1.82) is 0 Å². The summed E-state index contributed by atoms with van der Waals surface area (Å²) in [4.78, 5) is 14.2. The van der Waals surface area contributed by atoms with Gasteiger partial charge >= 0.3 is 0 Å². The zero-order valence-electron chi connectivity index (χ0n) is 9.39. The predicted octanol–water partition coefficient (Wildman–Crippen LogP) is 2.68. The van der Waals surface area contributed by atoms with E-state index in [2.05, 4.69) is 0 Å². The molecule has 2 atom stereocenters. The van der Waals surface area contributed by atoms with Gasteiger partial charge in [-0.1, -0.05) is 12.8 Å². The average molecular weight is 219 g/mol. The summed E-state index contributed by atoms with van der Waals surface area (Å²) in [5.41, 5.74) is 0. The van der Waals surface area contributed by atoms with E-state index in [4.69, 9.17) is 4.42 Å². The van der Waals surface area contributed by atoms with Gasteiger partial charge in [-0.25, -0.2) is 0 Å². The molecule has 0 spiro atoms. The zero-order chi connectivity index (χ0) is 11.0. The molecule has 3 rings (SSSR count). The normalized spacial score (nSPS) is 29.1. The minimum atomic E-state index is 0.0828. The van der Waals surface area contributed by atoms with Crippen molar-refractivity contribution in [1.82, 2.24) is 4.90 Å². The van der Waals surface area contributed by atoms with Gasteiger partial charge in [0.2, 0.25) is 0 Å².